The van der Waals surface area contributed by atoms with Gasteiger partial charge in [0.1, 0.15) is 5.82 Å². The Morgan fingerprint density at radius 2 is 2.22 bits per heavy atom. The van der Waals surface area contributed by atoms with E-state index in [0.29, 0.717) is 12.5 Å². The molecule has 4 heteroatoms. The van der Waals surface area contributed by atoms with Crippen LogP contribution in [-0.2, 0) is 6.42 Å². The molecule has 1 heterocycles. The van der Waals surface area contributed by atoms with Crippen molar-refractivity contribution in [3.63, 3.8) is 0 Å². The van der Waals surface area contributed by atoms with Crippen molar-refractivity contribution in [1.82, 2.24) is 14.8 Å². The fourth-order valence-electron chi connectivity index (χ4n) is 2.13. The number of benzene rings is 1. The first-order chi connectivity index (χ1) is 8.78. The van der Waals surface area contributed by atoms with E-state index in [-0.39, 0.29) is 0 Å². The van der Waals surface area contributed by atoms with Crippen LogP contribution in [0.4, 0.5) is 0 Å². The van der Waals surface area contributed by atoms with Crippen molar-refractivity contribution in [3.8, 4) is 5.69 Å². The summed E-state index contributed by atoms with van der Waals surface area (Å²) in [5, 5.41) is 4.65. The zero-order valence-electron chi connectivity index (χ0n) is 10.6. The van der Waals surface area contributed by atoms with Gasteiger partial charge in [0.15, 0.2) is 5.82 Å². The molecule has 94 valence electrons. The summed E-state index contributed by atoms with van der Waals surface area (Å²) in [4.78, 5) is 4.64. The van der Waals surface area contributed by atoms with Crippen molar-refractivity contribution in [3.05, 3.63) is 41.5 Å². The number of rotatable bonds is 4. The van der Waals surface area contributed by atoms with E-state index in [1.807, 2.05) is 4.68 Å². The summed E-state index contributed by atoms with van der Waals surface area (Å²) in [6, 6.07) is 8.34. The molecule has 1 aromatic carbocycles. The second kappa shape index (κ2) is 4.53. The summed E-state index contributed by atoms with van der Waals surface area (Å²) in [6.07, 6.45) is 3.22. The minimum absolute atomic E-state index is 0.576. The van der Waals surface area contributed by atoms with Crippen LogP contribution in [0.25, 0.3) is 5.69 Å². The molecule has 0 amide bonds. The smallest absolute Gasteiger partial charge is 0.154 e. The number of hydrogen-bond acceptors (Lipinski definition) is 3. The van der Waals surface area contributed by atoms with Crippen molar-refractivity contribution in [2.45, 2.75) is 32.1 Å². The molecule has 4 nitrogen and oxygen atoms in total. The van der Waals surface area contributed by atoms with E-state index < -0.39 is 0 Å². The molecule has 0 aliphatic heterocycles. The normalized spacial score (nSPS) is 15.0. The molecular weight excluding hydrogens is 224 g/mol. The lowest BCUT2D eigenvalue weighted by Crippen LogP contribution is -2.09. The van der Waals surface area contributed by atoms with Gasteiger partial charge < -0.3 is 5.73 Å². The van der Waals surface area contributed by atoms with E-state index in [1.165, 1.54) is 18.4 Å². The number of aryl methyl sites for hydroxylation is 1. The Morgan fingerprint density at radius 3 is 2.89 bits per heavy atom. The first-order valence-electron chi connectivity index (χ1n) is 6.51. The van der Waals surface area contributed by atoms with Crippen molar-refractivity contribution < 1.29 is 0 Å². The molecule has 3 rings (SSSR count). The summed E-state index contributed by atoms with van der Waals surface area (Å²) in [5.74, 6) is 2.54. The maximum absolute atomic E-state index is 5.66. The number of nitrogens with two attached hydrogens (primary N) is 1. The van der Waals surface area contributed by atoms with Crippen LogP contribution in [-0.4, -0.2) is 21.3 Å². The molecule has 0 atom stereocenters. The van der Waals surface area contributed by atoms with Crippen LogP contribution in [0.15, 0.2) is 24.3 Å². The molecule has 18 heavy (non-hydrogen) atoms. The van der Waals surface area contributed by atoms with Gasteiger partial charge in [-0.05, 0) is 44.0 Å². The average Bonchev–Trinajstić information content (AvgIpc) is 3.12. The molecule has 0 saturated heterocycles. The van der Waals surface area contributed by atoms with Crippen LogP contribution in [0.2, 0.25) is 0 Å². The molecule has 1 aliphatic carbocycles. The van der Waals surface area contributed by atoms with Gasteiger partial charge in [-0.2, -0.15) is 5.10 Å². The van der Waals surface area contributed by atoms with E-state index in [4.69, 9.17) is 5.73 Å². The minimum Gasteiger partial charge on any atom is -0.330 e. The van der Waals surface area contributed by atoms with Gasteiger partial charge in [-0.25, -0.2) is 9.67 Å². The SMILES string of the molecule is Cc1cccc(-n2nc(C3CC3)nc2CCN)c1. The summed E-state index contributed by atoms with van der Waals surface area (Å²) >= 11 is 0. The lowest BCUT2D eigenvalue weighted by atomic mass is 10.2. The number of hydrogen-bond donors (Lipinski definition) is 1. The van der Waals surface area contributed by atoms with E-state index in [1.54, 1.807) is 0 Å². The second-order valence-electron chi connectivity index (χ2n) is 4.95. The standard InChI is InChI=1S/C14H18N4/c1-10-3-2-4-12(9-10)18-13(7-8-15)16-14(17-18)11-5-6-11/h2-4,9,11H,5-8,15H2,1H3. The largest absolute Gasteiger partial charge is 0.330 e. The van der Waals surface area contributed by atoms with Crippen LogP contribution in [0.3, 0.4) is 0 Å². The zero-order valence-corrected chi connectivity index (χ0v) is 10.6. The molecule has 1 fully saturated rings. The van der Waals surface area contributed by atoms with Crippen molar-refractivity contribution in [2.75, 3.05) is 6.54 Å². The van der Waals surface area contributed by atoms with Gasteiger partial charge in [0.2, 0.25) is 0 Å². The van der Waals surface area contributed by atoms with Crippen molar-refractivity contribution in [2.24, 2.45) is 5.73 Å². The molecule has 1 aliphatic rings. The van der Waals surface area contributed by atoms with Crippen LogP contribution in [0, 0.1) is 6.92 Å². The zero-order chi connectivity index (χ0) is 12.5. The van der Waals surface area contributed by atoms with Crippen molar-refractivity contribution in [1.29, 1.82) is 0 Å². The molecule has 0 unspecified atom stereocenters. The summed E-state index contributed by atoms with van der Waals surface area (Å²) in [6.45, 7) is 2.69. The van der Waals surface area contributed by atoms with Crippen LogP contribution >= 0.6 is 0 Å². The Morgan fingerprint density at radius 1 is 1.39 bits per heavy atom. The summed E-state index contributed by atoms with van der Waals surface area (Å²) in [5.41, 5.74) is 7.97. The third-order valence-electron chi connectivity index (χ3n) is 3.25. The third kappa shape index (κ3) is 2.16. The van der Waals surface area contributed by atoms with Gasteiger partial charge in [0, 0.05) is 12.3 Å². The topological polar surface area (TPSA) is 56.7 Å². The van der Waals surface area contributed by atoms with Crippen LogP contribution in [0.1, 0.15) is 36.0 Å². The van der Waals surface area contributed by atoms with Crippen molar-refractivity contribution >= 4 is 0 Å². The highest BCUT2D eigenvalue weighted by atomic mass is 15.4. The first-order valence-corrected chi connectivity index (χ1v) is 6.51. The van der Waals surface area contributed by atoms with Crippen LogP contribution < -0.4 is 5.73 Å². The molecule has 0 bridgehead atoms. The van der Waals surface area contributed by atoms with E-state index in [2.05, 4.69) is 41.3 Å². The van der Waals surface area contributed by atoms with E-state index in [0.717, 1.165) is 23.8 Å². The lowest BCUT2D eigenvalue weighted by molar-refractivity contribution is 0.769. The second-order valence-corrected chi connectivity index (χ2v) is 4.95. The predicted molar refractivity (Wildman–Crippen MR) is 70.8 cm³/mol. The van der Waals surface area contributed by atoms with Gasteiger partial charge in [0.05, 0.1) is 5.69 Å². The average molecular weight is 242 g/mol. The lowest BCUT2D eigenvalue weighted by Gasteiger charge is -2.05. The number of aromatic nitrogens is 3. The minimum atomic E-state index is 0.576. The van der Waals surface area contributed by atoms with E-state index >= 15 is 0 Å². The Balaban J connectivity index is 2.03. The predicted octanol–water partition coefficient (Wildman–Crippen LogP) is 1.95. The monoisotopic (exact) mass is 242 g/mol. The van der Waals surface area contributed by atoms with E-state index in [9.17, 15) is 0 Å². The summed E-state index contributed by atoms with van der Waals surface area (Å²) in [7, 11) is 0. The highest BCUT2D eigenvalue weighted by Crippen LogP contribution is 2.38. The fourth-order valence-corrected chi connectivity index (χ4v) is 2.13. The first kappa shape index (κ1) is 11.4. The quantitative estimate of drug-likeness (QED) is 0.891. The Kier molecular flexibility index (Phi) is 2.88. The van der Waals surface area contributed by atoms with Gasteiger partial charge in [0.25, 0.3) is 0 Å². The third-order valence-corrected chi connectivity index (χ3v) is 3.25. The molecular formula is C14H18N4. The highest BCUT2D eigenvalue weighted by Gasteiger charge is 2.29. The molecule has 0 spiro atoms. The van der Waals surface area contributed by atoms with Gasteiger partial charge in [-0.3, -0.25) is 0 Å². The van der Waals surface area contributed by atoms with Gasteiger partial charge in [-0.1, -0.05) is 12.1 Å². The fraction of sp³-hybridized carbons (Fsp3) is 0.429. The highest BCUT2D eigenvalue weighted by molar-refractivity contribution is 5.35. The van der Waals surface area contributed by atoms with Gasteiger partial charge in [-0.15, -0.1) is 0 Å². The Hall–Kier alpha value is -1.68. The van der Waals surface area contributed by atoms with Gasteiger partial charge >= 0.3 is 0 Å². The molecule has 2 aromatic rings. The Bertz CT molecular complexity index is 555. The number of nitrogens with zero attached hydrogens (tertiary/aromatic N) is 3. The maximum atomic E-state index is 5.66. The summed E-state index contributed by atoms with van der Waals surface area (Å²) < 4.78 is 1.95. The van der Waals surface area contributed by atoms with Crippen LogP contribution in [0.5, 0.6) is 0 Å². The molecule has 1 saturated carbocycles. The molecule has 2 N–H and O–H groups in total. The Labute approximate surface area is 107 Å². The molecule has 0 radical (unpaired) electrons. The molecule has 1 aromatic heterocycles. The maximum Gasteiger partial charge on any atom is 0.154 e.